The maximum Gasteiger partial charge on any atom is 0.267 e. The van der Waals surface area contributed by atoms with Gasteiger partial charge >= 0.3 is 0 Å². The number of para-hydroxylation sites is 2. The van der Waals surface area contributed by atoms with Gasteiger partial charge in [0.2, 0.25) is 6.10 Å². The average Bonchev–Trinajstić information content (AvgIpc) is 2.45. The molecule has 0 aromatic heterocycles. The zero-order chi connectivity index (χ0) is 13.8. The highest BCUT2D eigenvalue weighted by molar-refractivity contribution is 5.82. The molecule has 1 aromatic rings. The van der Waals surface area contributed by atoms with Crippen LogP contribution in [0.5, 0.6) is 11.5 Å². The van der Waals surface area contributed by atoms with Crippen molar-refractivity contribution in [1.29, 1.82) is 0 Å². The van der Waals surface area contributed by atoms with Crippen LogP contribution in [0.3, 0.4) is 0 Å². The number of carbonyl (C=O) groups is 1. The molecule has 0 bridgehead atoms. The number of nitrogens with two attached hydrogens (primary N) is 1. The number of benzene rings is 1. The van der Waals surface area contributed by atoms with Gasteiger partial charge in [0.25, 0.3) is 5.91 Å². The Labute approximate surface area is 113 Å². The summed E-state index contributed by atoms with van der Waals surface area (Å²) in [6.45, 7) is 2.78. The molecule has 0 saturated carbocycles. The summed E-state index contributed by atoms with van der Waals surface area (Å²) in [5.74, 6) is 1.23. The maximum absolute atomic E-state index is 12.3. The highest BCUT2D eigenvalue weighted by Gasteiger charge is 2.31. The van der Waals surface area contributed by atoms with Crippen molar-refractivity contribution in [2.45, 2.75) is 25.5 Å². The van der Waals surface area contributed by atoms with Gasteiger partial charge in [-0.25, -0.2) is 0 Å². The molecule has 0 radical (unpaired) electrons. The van der Waals surface area contributed by atoms with Gasteiger partial charge in [-0.15, -0.1) is 0 Å². The van der Waals surface area contributed by atoms with Gasteiger partial charge in [0.15, 0.2) is 11.5 Å². The zero-order valence-electron chi connectivity index (χ0n) is 11.3. The number of ether oxygens (including phenoxy) is 2. The van der Waals surface area contributed by atoms with E-state index in [4.69, 9.17) is 15.2 Å². The summed E-state index contributed by atoms with van der Waals surface area (Å²) in [4.78, 5) is 14.0. The Hall–Kier alpha value is -1.75. The molecule has 1 aliphatic rings. The van der Waals surface area contributed by atoms with Gasteiger partial charge in [0.1, 0.15) is 6.61 Å². The van der Waals surface area contributed by atoms with E-state index in [0.717, 1.165) is 6.42 Å². The SMILES string of the molecule is CC(CCN)N(C)C(=O)C1COc2ccccc2O1. The minimum Gasteiger partial charge on any atom is -0.485 e. The Balaban J connectivity index is 2.02. The second-order valence-electron chi connectivity index (χ2n) is 4.74. The molecule has 1 heterocycles. The van der Waals surface area contributed by atoms with Crippen LogP contribution in [-0.4, -0.2) is 43.2 Å². The van der Waals surface area contributed by atoms with Crippen LogP contribution in [0.1, 0.15) is 13.3 Å². The minimum absolute atomic E-state index is 0.0737. The third kappa shape index (κ3) is 2.98. The number of likely N-dealkylation sites (N-methyl/N-ethyl adjacent to an activating group) is 1. The number of rotatable bonds is 4. The van der Waals surface area contributed by atoms with Crippen molar-refractivity contribution in [2.24, 2.45) is 5.73 Å². The molecule has 1 aromatic carbocycles. The van der Waals surface area contributed by atoms with Gasteiger partial charge in [0.05, 0.1) is 0 Å². The molecule has 19 heavy (non-hydrogen) atoms. The lowest BCUT2D eigenvalue weighted by atomic mass is 10.2. The van der Waals surface area contributed by atoms with Crippen molar-refractivity contribution in [3.8, 4) is 11.5 Å². The van der Waals surface area contributed by atoms with E-state index in [1.807, 2.05) is 25.1 Å². The summed E-state index contributed by atoms with van der Waals surface area (Å²) in [6.07, 6.45) is 0.187. The smallest absolute Gasteiger partial charge is 0.267 e. The van der Waals surface area contributed by atoms with E-state index in [1.165, 1.54) is 0 Å². The highest BCUT2D eigenvalue weighted by atomic mass is 16.6. The van der Waals surface area contributed by atoms with Gasteiger partial charge in [-0.1, -0.05) is 12.1 Å². The standard InChI is InChI=1S/C14H20N2O3/c1-10(7-8-15)16(2)14(17)13-9-18-11-5-3-4-6-12(11)19-13/h3-6,10,13H,7-9,15H2,1-2H3. The molecule has 0 fully saturated rings. The quantitative estimate of drug-likeness (QED) is 0.882. The summed E-state index contributed by atoms with van der Waals surface area (Å²) < 4.78 is 11.2. The van der Waals surface area contributed by atoms with Gasteiger partial charge in [-0.05, 0) is 32.0 Å². The van der Waals surface area contributed by atoms with Crippen LogP contribution in [0.2, 0.25) is 0 Å². The second-order valence-corrected chi connectivity index (χ2v) is 4.74. The van der Waals surface area contributed by atoms with Crippen LogP contribution >= 0.6 is 0 Å². The second kappa shape index (κ2) is 5.93. The van der Waals surface area contributed by atoms with Crippen molar-refractivity contribution in [2.75, 3.05) is 20.2 Å². The van der Waals surface area contributed by atoms with Crippen molar-refractivity contribution in [3.63, 3.8) is 0 Å². The zero-order valence-corrected chi connectivity index (χ0v) is 11.3. The third-order valence-electron chi connectivity index (χ3n) is 3.38. The lowest BCUT2D eigenvalue weighted by molar-refractivity contribution is -0.141. The fourth-order valence-corrected chi connectivity index (χ4v) is 2.02. The number of hydrogen-bond acceptors (Lipinski definition) is 4. The van der Waals surface area contributed by atoms with Crippen LogP contribution in [0, 0.1) is 0 Å². The van der Waals surface area contributed by atoms with Crippen molar-refractivity contribution >= 4 is 5.91 Å². The first-order valence-corrected chi connectivity index (χ1v) is 6.48. The molecule has 0 saturated heterocycles. The molecule has 2 rings (SSSR count). The van der Waals surface area contributed by atoms with Crippen LogP contribution in [0.4, 0.5) is 0 Å². The van der Waals surface area contributed by atoms with E-state index in [9.17, 15) is 4.79 Å². The molecule has 0 aliphatic carbocycles. The molecule has 2 unspecified atom stereocenters. The van der Waals surface area contributed by atoms with Gasteiger partial charge in [-0.2, -0.15) is 0 Å². The lowest BCUT2D eigenvalue weighted by Crippen LogP contribution is -2.48. The average molecular weight is 264 g/mol. The molecule has 5 nitrogen and oxygen atoms in total. The van der Waals surface area contributed by atoms with E-state index in [1.54, 1.807) is 18.0 Å². The molecule has 0 spiro atoms. The predicted molar refractivity (Wildman–Crippen MR) is 72.3 cm³/mol. The molecule has 2 atom stereocenters. The first kappa shape index (κ1) is 13.7. The van der Waals surface area contributed by atoms with E-state index in [-0.39, 0.29) is 18.6 Å². The molecule has 1 amide bonds. The van der Waals surface area contributed by atoms with Crippen LogP contribution in [0.25, 0.3) is 0 Å². The monoisotopic (exact) mass is 264 g/mol. The van der Waals surface area contributed by atoms with Gasteiger partial charge in [0, 0.05) is 13.1 Å². The summed E-state index contributed by atoms with van der Waals surface area (Å²) in [5.41, 5.74) is 5.52. The van der Waals surface area contributed by atoms with E-state index < -0.39 is 6.10 Å². The number of nitrogens with zero attached hydrogens (tertiary/aromatic N) is 1. The Morgan fingerprint density at radius 3 is 2.84 bits per heavy atom. The number of fused-ring (bicyclic) bond motifs is 1. The van der Waals surface area contributed by atoms with E-state index in [2.05, 4.69) is 0 Å². The molecule has 2 N–H and O–H groups in total. The Morgan fingerprint density at radius 1 is 1.47 bits per heavy atom. The van der Waals surface area contributed by atoms with Gasteiger partial charge in [-0.3, -0.25) is 4.79 Å². The van der Waals surface area contributed by atoms with Crippen LogP contribution in [-0.2, 0) is 4.79 Å². The first-order valence-electron chi connectivity index (χ1n) is 6.48. The Bertz CT molecular complexity index is 450. The largest absolute Gasteiger partial charge is 0.485 e. The first-order chi connectivity index (χ1) is 9.13. The molecular weight excluding hydrogens is 244 g/mol. The number of amides is 1. The molecular formula is C14H20N2O3. The molecule has 1 aliphatic heterocycles. The normalized spacial score (nSPS) is 18.8. The van der Waals surface area contributed by atoms with Crippen molar-refractivity contribution in [1.82, 2.24) is 4.90 Å². The van der Waals surface area contributed by atoms with Gasteiger partial charge < -0.3 is 20.1 Å². The lowest BCUT2D eigenvalue weighted by Gasteiger charge is -2.31. The third-order valence-corrected chi connectivity index (χ3v) is 3.38. The topological polar surface area (TPSA) is 64.8 Å². The van der Waals surface area contributed by atoms with E-state index >= 15 is 0 Å². The Morgan fingerprint density at radius 2 is 2.16 bits per heavy atom. The molecule has 5 heteroatoms. The van der Waals surface area contributed by atoms with Crippen molar-refractivity contribution in [3.05, 3.63) is 24.3 Å². The predicted octanol–water partition coefficient (Wildman–Crippen LogP) is 1.02. The Kier molecular flexibility index (Phi) is 4.27. The minimum atomic E-state index is -0.583. The van der Waals surface area contributed by atoms with Crippen LogP contribution < -0.4 is 15.2 Å². The van der Waals surface area contributed by atoms with Crippen molar-refractivity contribution < 1.29 is 14.3 Å². The van der Waals surface area contributed by atoms with E-state index in [0.29, 0.717) is 18.0 Å². The number of carbonyl (C=O) groups excluding carboxylic acids is 1. The summed E-state index contributed by atoms with van der Waals surface area (Å²) in [5, 5.41) is 0. The fraction of sp³-hybridized carbons (Fsp3) is 0.500. The maximum atomic E-state index is 12.3. The number of hydrogen-bond donors (Lipinski definition) is 1. The summed E-state index contributed by atoms with van der Waals surface area (Å²) in [6, 6.07) is 7.46. The summed E-state index contributed by atoms with van der Waals surface area (Å²) >= 11 is 0. The highest BCUT2D eigenvalue weighted by Crippen LogP contribution is 2.31. The fourth-order valence-electron chi connectivity index (χ4n) is 2.02. The summed E-state index contributed by atoms with van der Waals surface area (Å²) in [7, 11) is 1.77. The van der Waals surface area contributed by atoms with Crippen LogP contribution in [0.15, 0.2) is 24.3 Å². The molecule has 104 valence electrons.